The van der Waals surface area contributed by atoms with E-state index in [2.05, 4.69) is 149 Å². The molecule has 192 valence electrons. The molecule has 0 radical (unpaired) electrons. The molecule has 0 N–H and O–H groups in total. The molecule has 6 aromatic rings. The predicted molar refractivity (Wildman–Crippen MR) is 170 cm³/mol. The second kappa shape index (κ2) is 15.4. The number of fused-ring (bicyclic) bond motifs is 2. The molecule has 0 bridgehead atoms. The summed E-state index contributed by atoms with van der Waals surface area (Å²) in [6.07, 6.45) is 0. The van der Waals surface area contributed by atoms with Gasteiger partial charge >= 0.3 is 99.8 Å². The Kier molecular flexibility index (Phi) is 13.0. The van der Waals surface area contributed by atoms with Crippen LogP contribution < -0.4 is 10.4 Å². The second-order valence-corrected chi connectivity index (χ2v) is 14.9. The molecule has 0 saturated heterocycles. The van der Waals surface area contributed by atoms with Crippen LogP contribution in [-0.2, 0) is 23.3 Å². The number of hydrogen-bond acceptors (Lipinski definition) is 0. The van der Waals surface area contributed by atoms with Gasteiger partial charge in [-0.15, -0.1) is 93.9 Å². The predicted octanol–water partition coefficient (Wildman–Crippen LogP) is 8.53. The van der Waals surface area contributed by atoms with Crippen LogP contribution in [0.1, 0.15) is 22.3 Å². The molecule has 0 aliphatic heterocycles. The van der Waals surface area contributed by atoms with E-state index < -0.39 is 5.43 Å². The van der Waals surface area contributed by atoms with Crippen molar-refractivity contribution in [3.63, 3.8) is 0 Å². The Bertz CT molecular complexity index is 1460. The Labute approximate surface area is 255 Å². The zero-order valence-corrected chi connectivity index (χ0v) is 27.5. The molecule has 0 amide bonds. The molecule has 6 rings (SSSR count). The first-order valence-corrected chi connectivity index (χ1v) is 17.6. The van der Waals surface area contributed by atoms with E-state index >= 15 is 0 Å². The standard InChI is InChI=1S/C12H10Si.2C11H11.2ClH.Zr/c1-3-7-11(8-4-1)13-12-9-5-2-6-10-12;2*1-8-6-10-5-3-4-9(2)11(10)7-8;;;/h1-10H;2*3-7H,1-2H3;2*1H;/q;2*-1;;;+2. The van der Waals surface area contributed by atoms with Gasteiger partial charge in [0.2, 0.25) is 0 Å². The van der Waals surface area contributed by atoms with Crippen LogP contribution >= 0.6 is 24.8 Å². The maximum atomic E-state index is 2.25. The van der Waals surface area contributed by atoms with E-state index in [0.717, 1.165) is 0 Å². The zero-order chi connectivity index (χ0) is 25.5. The van der Waals surface area contributed by atoms with E-state index in [0.29, 0.717) is 0 Å². The number of aryl methyl sites for hydroxylation is 4. The second-order valence-electron chi connectivity index (χ2n) is 9.33. The summed E-state index contributed by atoms with van der Waals surface area (Å²) < 4.78 is 0. The van der Waals surface area contributed by atoms with Crippen LogP contribution in [0.25, 0.3) is 21.5 Å². The normalized spacial score (nSPS) is 9.84. The van der Waals surface area contributed by atoms with E-state index in [-0.39, 0.29) is 24.8 Å². The van der Waals surface area contributed by atoms with Crippen molar-refractivity contribution in [1.29, 1.82) is 0 Å². The molecule has 0 aliphatic carbocycles. The first kappa shape index (κ1) is 32.0. The topological polar surface area (TPSA) is 0 Å². The van der Waals surface area contributed by atoms with Crippen LogP contribution in [0.2, 0.25) is 0 Å². The Morgan fingerprint density at radius 1 is 0.500 bits per heavy atom. The molecule has 0 aromatic heterocycles. The van der Waals surface area contributed by atoms with E-state index in [4.69, 9.17) is 0 Å². The van der Waals surface area contributed by atoms with Crippen molar-refractivity contribution in [3.05, 3.63) is 144 Å². The first-order chi connectivity index (χ1) is 17.4. The van der Waals surface area contributed by atoms with Gasteiger partial charge in [-0.2, -0.15) is 12.1 Å². The number of hydrogen-bond donors (Lipinski definition) is 0. The van der Waals surface area contributed by atoms with Gasteiger partial charge in [0.15, 0.2) is 0 Å². The van der Waals surface area contributed by atoms with Crippen molar-refractivity contribution < 1.29 is 23.3 Å². The van der Waals surface area contributed by atoms with E-state index in [9.17, 15) is 0 Å². The third-order valence-electron chi connectivity index (χ3n) is 6.35. The fourth-order valence-electron chi connectivity index (χ4n) is 4.46. The van der Waals surface area contributed by atoms with Crippen molar-refractivity contribution in [2.75, 3.05) is 0 Å². The van der Waals surface area contributed by atoms with Crippen LogP contribution in [-0.4, -0.2) is 5.43 Å². The monoisotopic (exact) mass is 630 g/mol. The van der Waals surface area contributed by atoms with Crippen LogP contribution in [0.4, 0.5) is 0 Å². The SMILES string of the molecule is Cc1cc2c(C)cccc2[cH-]1.Cc1cc2c(C)cccc2[cH-]1.Cl.Cl.[Zr+2]=[Si](c1ccccc1)c1ccccc1. The van der Waals surface area contributed by atoms with Crippen molar-refractivity contribution in [3.8, 4) is 0 Å². The fourth-order valence-corrected chi connectivity index (χ4v) is 8.30. The molecule has 0 aliphatic rings. The Morgan fingerprint density at radius 2 is 0.868 bits per heavy atom. The van der Waals surface area contributed by atoms with Gasteiger partial charge in [0.1, 0.15) is 0 Å². The third-order valence-corrected chi connectivity index (χ3v) is 12.4. The maximum absolute atomic E-state index is 2.25. The molecule has 6 aromatic carbocycles. The quantitative estimate of drug-likeness (QED) is 0.133. The van der Waals surface area contributed by atoms with Gasteiger partial charge < -0.3 is 0 Å². The number of halogens is 2. The molecule has 0 heterocycles. The van der Waals surface area contributed by atoms with Gasteiger partial charge in [-0.1, -0.05) is 37.1 Å². The Balaban J connectivity index is 0.000000197. The molecular formula is C34H34Cl2SiZr. The molecule has 0 unspecified atom stereocenters. The van der Waals surface area contributed by atoms with Crippen molar-refractivity contribution in [1.82, 2.24) is 0 Å². The third kappa shape index (κ3) is 8.39. The summed E-state index contributed by atoms with van der Waals surface area (Å²) in [7, 11) is 0. The molecule has 0 atom stereocenters. The summed E-state index contributed by atoms with van der Waals surface area (Å²) in [4.78, 5) is 0. The summed E-state index contributed by atoms with van der Waals surface area (Å²) in [6, 6.07) is 43.5. The number of rotatable bonds is 2. The molecule has 0 fully saturated rings. The van der Waals surface area contributed by atoms with Gasteiger partial charge in [-0.3, -0.25) is 0 Å². The average molecular weight is 633 g/mol. The first-order valence-electron chi connectivity index (χ1n) is 12.4. The Morgan fingerprint density at radius 3 is 1.21 bits per heavy atom. The molecule has 4 heteroatoms. The summed E-state index contributed by atoms with van der Waals surface area (Å²) in [5.41, 5.74) is 5.00. The van der Waals surface area contributed by atoms with Gasteiger partial charge in [0.05, 0.1) is 0 Å². The van der Waals surface area contributed by atoms with E-state index in [1.165, 1.54) is 54.2 Å². The van der Waals surface area contributed by atoms with Gasteiger partial charge in [0, 0.05) is 0 Å². The number of benzene rings is 4. The van der Waals surface area contributed by atoms with E-state index in [1.54, 1.807) is 23.3 Å². The van der Waals surface area contributed by atoms with Crippen molar-refractivity contribution in [2.45, 2.75) is 27.7 Å². The van der Waals surface area contributed by atoms with E-state index in [1.807, 2.05) is 0 Å². The van der Waals surface area contributed by atoms with Crippen LogP contribution in [0, 0.1) is 27.7 Å². The van der Waals surface area contributed by atoms with Crippen LogP contribution in [0.15, 0.2) is 121 Å². The molecule has 0 saturated carbocycles. The van der Waals surface area contributed by atoms with Crippen molar-refractivity contribution >= 4 is 62.2 Å². The minimum atomic E-state index is -0.455. The van der Waals surface area contributed by atoms with Gasteiger partial charge in [-0.05, 0) is 13.8 Å². The fraction of sp³-hybridized carbons (Fsp3) is 0.118. The molecule has 0 spiro atoms. The average Bonchev–Trinajstić information content (AvgIpc) is 3.48. The minimum absolute atomic E-state index is 0. The summed E-state index contributed by atoms with van der Waals surface area (Å²) in [6.45, 7) is 8.59. The van der Waals surface area contributed by atoms with Gasteiger partial charge in [-0.25, -0.2) is 0 Å². The summed E-state index contributed by atoms with van der Waals surface area (Å²) in [5.74, 6) is 0. The summed E-state index contributed by atoms with van der Waals surface area (Å²) >= 11 is 1.64. The van der Waals surface area contributed by atoms with Crippen LogP contribution in [0.3, 0.4) is 0 Å². The zero-order valence-electron chi connectivity index (χ0n) is 22.4. The van der Waals surface area contributed by atoms with Gasteiger partial charge in [0.25, 0.3) is 0 Å². The molecule has 38 heavy (non-hydrogen) atoms. The van der Waals surface area contributed by atoms with Crippen LogP contribution in [0.5, 0.6) is 0 Å². The Hall–Kier alpha value is -2.22. The molecule has 0 nitrogen and oxygen atoms in total. The molecular weight excluding hydrogens is 599 g/mol. The van der Waals surface area contributed by atoms with Crippen molar-refractivity contribution in [2.24, 2.45) is 0 Å². The summed E-state index contributed by atoms with van der Waals surface area (Å²) in [5, 5.41) is 8.55.